The number of aliphatic hydroxyl groups excluding tert-OH is 3. The highest BCUT2D eigenvalue weighted by molar-refractivity contribution is 4.88. The molecule has 0 aromatic carbocycles. The van der Waals surface area contributed by atoms with Crippen molar-refractivity contribution in [1.29, 1.82) is 0 Å². The zero-order chi connectivity index (χ0) is 19.0. The van der Waals surface area contributed by atoms with E-state index >= 15 is 0 Å². The topological polar surface area (TPSA) is 79.2 Å². The summed E-state index contributed by atoms with van der Waals surface area (Å²) >= 11 is 0. The molecule has 1 heterocycles. The minimum absolute atomic E-state index is 0.272. The van der Waals surface area contributed by atoms with Crippen LogP contribution in [0.4, 0.5) is 0 Å². The van der Waals surface area contributed by atoms with Crippen LogP contribution in [-0.2, 0) is 9.47 Å². The first-order valence-corrected chi connectivity index (χ1v) is 10.6. The average Bonchev–Trinajstić information content (AvgIpc) is 3.02. The summed E-state index contributed by atoms with van der Waals surface area (Å²) in [6, 6.07) is 0. The Kier molecular flexibility index (Phi) is 14.1. The van der Waals surface area contributed by atoms with Crippen molar-refractivity contribution >= 4 is 0 Å². The standard InChI is InChI=1S/C21H40O5/c1-2-3-4-5-6-7-8-9-10-11-12-13-14-15-25-19-17-26-21(20(19)24)18(23)16-22/h7-8,18-24H,2-6,9-17H2,1H3/b8-7+/t18-,19+,20-,21-/m0/s1. The van der Waals surface area contributed by atoms with Crippen LogP contribution in [0.5, 0.6) is 0 Å². The molecule has 0 bridgehead atoms. The maximum atomic E-state index is 10.0. The van der Waals surface area contributed by atoms with Gasteiger partial charge in [0.05, 0.1) is 13.2 Å². The SMILES string of the molecule is CCCCCC/C=C/CCCCCCCO[C@@H]1CO[C@@H]([C@@H](O)CO)[C@H]1O. The molecule has 1 aliphatic heterocycles. The van der Waals surface area contributed by atoms with Crippen molar-refractivity contribution in [1.82, 2.24) is 0 Å². The van der Waals surface area contributed by atoms with Crippen LogP contribution < -0.4 is 0 Å². The van der Waals surface area contributed by atoms with E-state index in [-0.39, 0.29) is 6.61 Å². The summed E-state index contributed by atoms with van der Waals surface area (Å²) in [5, 5.41) is 28.5. The fraction of sp³-hybridized carbons (Fsp3) is 0.905. The third-order valence-electron chi connectivity index (χ3n) is 4.97. The normalized spacial score (nSPS) is 24.5. The number of rotatable bonds is 16. The second-order valence-electron chi connectivity index (χ2n) is 7.32. The van der Waals surface area contributed by atoms with Crippen LogP contribution in [0.15, 0.2) is 12.2 Å². The van der Waals surface area contributed by atoms with Gasteiger partial charge in [0.1, 0.15) is 24.4 Å². The van der Waals surface area contributed by atoms with Gasteiger partial charge in [0, 0.05) is 6.61 Å². The molecule has 0 aromatic heterocycles. The molecule has 0 aliphatic carbocycles. The van der Waals surface area contributed by atoms with Crippen molar-refractivity contribution in [3.05, 3.63) is 12.2 Å². The molecular formula is C21H40O5. The molecule has 154 valence electrons. The van der Waals surface area contributed by atoms with Crippen LogP contribution in [0.25, 0.3) is 0 Å². The van der Waals surface area contributed by atoms with Gasteiger partial charge in [-0.15, -0.1) is 0 Å². The summed E-state index contributed by atoms with van der Waals surface area (Å²) in [5.41, 5.74) is 0. The zero-order valence-electron chi connectivity index (χ0n) is 16.5. The Balaban J connectivity index is 1.89. The predicted molar refractivity (Wildman–Crippen MR) is 104 cm³/mol. The molecule has 1 rings (SSSR count). The summed E-state index contributed by atoms with van der Waals surface area (Å²) in [6.07, 6.45) is 15.2. The van der Waals surface area contributed by atoms with E-state index in [0.29, 0.717) is 6.61 Å². The third kappa shape index (κ3) is 10.0. The van der Waals surface area contributed by atoms with Crippen molar-refractivity contribution in [2.75, 3.05) is 19.8 Å². The largest absolute Gasteiger partial charge is 0.394 e. The Hall–Kier alpha value is -0.460. The van der Waals surface area contributed by atoms with E-state index in [0.717, 1.165) is 12.8 Å². The first kappa shape index (κ1) is 23.6. The summed E-state index contributed by atoms with van der Waals surface area (Å²) in [5.74, 6) is 0. The van der Waals surface area contributed by atoms with Crippen molar-refractivity contribution < 1.29 is 24.8 Å². The van der Waals surface area contributed by atoms with E-state index < -0.39 is 31.0 Å². The monoisotopic (exact) mass is 372 g/mol. The van der Waals surface area contributed by atoms with Gasteiger partial charge in [-0.05, 0) is 32.1 Å². The summed E-state index contributed by atoms with van der Waals surface area (Å²) in [6.45, 7) is 2.70. The second kappa shape index (κ2) is 15.6. The van der Waals surface area contributed by atoms with Crippen LogP contribution in [0, 0.1) is 0 Å². The number of unbranched alkanes of at least 4 members (excludes halogenated alkanes) is 9. The summed E-state index contributed by atoms with van der Waals surface area (Å²) < 4.78 is 11.0. The van der Waals surface area contributed by atoms with Crippen molar-refractivity contribution in [3.8, 4) is 0 Å². The van der Waals surface area contributed by atoms with Gasteiger partial charge in [-0.1, -0.05) is 57.6 Å². The van der Waals surface area contributed by atoms with E-state index in [4.69, 9.17) is 14.6 Å². The average molecular weight is 373 g/mol. The van der Waals surface area contributed by atoms with Gasteiger partial charge in [-0.3, -0.25) is 0 Å². The molecule has 26 heavy (non-hydrogen) atoms. The van der Waals surface area contributed by atoms with Crippen molar-refractivity contribution in [2.45, 2.75) is 102 Å². The maximum Gasteiger partial charge on any atom is 0.114 e. The van der Waals surface area contributed by atoms with Gasteiger partial charge in [0.25, 0.3) is 0 Å². The van der Waals surface area contributed by atoms with E-state index in [1.807, 2.05) is 0 Å². The predicted octanol–water partition coefficient (Wildman–Crippen LogP) is 3.35. The highest BCUT2D eigenvalue weighted by Crippen LogP contribution is 2.20. The minimum Gasteiger partial charge on any atom is -0.394 e. The van der Waals surface area contributed by atoms with E-state index in [1.54, 1.807) is 0 Å². The third-order valence-corrected chi connectivity index (χ3v) is 4.97. The highest BCUT2D eigenvalue weighted by atomic mass is 16.6. The highest BCUT2D eigenvalue weighted by Gasteiger charge is 2.40. The van der Waals surface area contributed by atoms with Gasteiger partial charge in [-0.2, -0.15) is 0 Å². The lowest BCUT2D eigenvalue weighted by molar-refractivity contribution is -0.0730. The van der Waals surface area contributed by atoms with Gasteiger partial charge in [0.2, 0.25) is 0 Å². The molecule has 0 radical (unpaired) electrons. The number of hydrogen-bond donors (Lipinski definition) is 3. The fourth-order valence-corrected chi connectivity index (χ4v) is 3.26. The van der Waals surface area contributed by atoms with Crippen LogP contribution in [0.2, 0.25) is 0 Å². The number of ether oxygens (including phenoxy) is 2. The summed E-state index contributed by atoms with van der Waals surface area (Å²) in [4.78, 5) is 0. The smallest absolute Gasteiger partial charge is 0.114 e. The first-order valence-electron chi connectivity index (χ1n) is 10.6. The van der Waals surface area contributed by atoms with Crippen LogP contribution in [0.1, 0.15) is 77.6 Å². The molecule has 0 amide bonds. The van der Waals surface area contributed by atoms with Gasteiger partial charge in [-0.25, -0.2) is 0 Å². The molecule has 0 aromatic rings. The van der Waals surface area contributed by atoms with E-state index in [9.17, 15) is 10.2 Å². The molecule has 1 aliphatic rings. The molecule has 1 fully saturated rings. The van der Waals surface area contributed by atoms with Gasteiger partial charge >= 0.3 is 0 Å². The molecule has 0 unspecified atom stereocenters. The number of hydrogen-bond acceptors (Lipinski definition) is 5. The van der Waals surface area contributed by atoms with Gasteiger partial charge in [0.15, 0.2) is 0 Å². The molecule has 0 spiro atoms. The zero-order valence-corrected chi connectivity index (χ0v) is 16.5. The van der Waals surface area contributed by atoms with Crippen molar-refractivity contribution in [3.63, 3.8) is 0 Å². The molecular weight excluding hydrogens is 332 g/mol. The van der Waals surface area contributed by atoms with Crippen LogP contribution >= 0.6 is 0 Å². The lowest BCUT2D eigenvalue weighted by atomic mass is 10.1. The van der Waals surface area contributed by atoms with E-state index in [2.05, 4.69) is 19.1 Å². The Morgan fingerprint density at radius 2 is 1.62 bits per heavy atom. The van der Waals surface area contributed by atoms with Crippen LogP contribution in [0.3, 0.4) is 0 Å². The molecule has 5 nitrogen and oxygen atoms in total. The Labute approximate surface area is 159 Å². The first-order chi connectivity index (χ1) is 12.7. The number of allylic oxidation sites excluding steroid dienone is 2. The molecule has 5 heteroatoms. The fourth-order valence-electron chi connectivity index (χ4n) is 3.26. The lowest BCUT2D eigenvalue weighted by Gasteiger charge is -2.20. The summed E-state index contributed by atoms with van der Waals surface area (Å²) in [7, 11) is 0. The molecule has 1 saturated heterocycles. The molecule has 0 saturated carbocycles. The molecule has 4 atom stereocenters. The minimum atomic E-state index is -1.05. The Morgan fingerprint density at radius 3 is 2.27 bits per heavy atom. The Morgan fingerprint density at radius 1 is 1.00 bits per heavy atom. The van der Waals surface area contributed by atoms with E-state index in [1.165, 1.54) is 57.8 Å². The number of aliphatic hydroxyl groups is 3. The maximum absolute atomic E-state index is 10.0. The lowest BCUT2D eigenvalue weighted by Crippen LogP contribution is -2.41. The molecule has 3 N–H and O–H groups in total. The second-order valence-corrected chi connectivity index (χ2v) is 7.32. The van der Waals surface area contributed by atoms with Gasteiger partial charge < -0.3 is 24.8 Å². The van der Waals surface area contributed by atoms with Crippen molar-refractivity contribution in [2.24, 2.45) is 0 Å². The quantitative estimate of drug-likeness (QED) is 0.286. The van der Waals surface area contributed by atoms with Crippen LogP contribution in [-0.4, -0.2) is 59.6 Å². The Bertz CT molecular complexity index is 347.